The summed E-state index contributed by atoms with van der Waals surface area (Å²) in [4.78, 5) is 4.41. The molecule has 0 saturated heterocycles. The van der Waals surface area contributed by atoms with Gasteiger partial charge in [0.2, 0.25) is 5.89 Å². The molecule has 0 aliphatic carbocycles. The molecule has 1 aromatic heterocycles. The first-order valence-corrected chi connectivity index (χ1v) is 5.77. The molecule has 0 atom stereocenters. The lowest BCUT2D eigenvalue weighted by atomic mass is 10.2. The van der Waals surface area contributed by atoms with E-state index in [9.17, 15) is 0 Å². The number of hydrogen-bond donors (Lipinski definition) is 2. The average Bonchev–Trinajstić information content (AvgIpc) is 2.80. The fourth-order valence-electron chi connectivity index (χ4n) is 1.96. The number of benzene rings is 2. The Morgan fingerprint density at radius 2 is 1.79 bits per heavy atom. The van der Waals surface area contributed by atoms with Gasteiger partial charge in [0, 0.05) is 23.0 Å². The zero-order valence-electron chi connectivity index (χ0n) is 10.4. The molecule has 0 spiro atoms. The lowest BCUT2D eigenvalue weighted by Crippen LogP contribution is -1.91. The van der Waals surface area contributed by atoms with Gasteiger partial charge in [-0.2, -0.15) is 0 Å². The normalized spacial score (nSPS) is 10.8. The molecule has 0 saturated carbocycles. The topological polar surface area (TPSA) is 87.3 Å². The Bertz CT molecular complexity index is 729. The highest BCUT2D eigenvalue weighted by Gasteiger charge is 2.10. The number of methoxy groups -OCH3 is 1. The molecule has 0 fully saturated rings. The molecule has 3 rings (SSSR count). The second kappa shape index (κ2) is 4.20. The summed E-state index contributed by atoms with van der Waals surface area (Å²) in [6, 6.07) is 10.7. The molecule has 5 heteroatoms. The maximum Gasteiger partial charge on any atom is 0.227 e. The lowest BCUT2D eigenvalue weighted by Gasteiger charge is -2.00. The Kier molecular flexibility index (Phi) is 2.52. The number of oxazole rings is 1. The Balaban J connectivity index is 2.14. The maximum absolute atomic E-state index is 5.77. The van der Waals surface area contributed by atoms with Crippen LogP contribution >= 0.6 is 0 Å². The van der Waals surface area contributed by atoms with Gasteiger partial charge in [-0.05, 0) is 30.3 Å². The maximum atomic E-state index is 5.77. The number of ether oxygens (including phenoxy) is 1. The molecule has 5 nitrogen and oxygen atoms in total. The molecule has 1 heterocycles. The summed E-state index contributed by atoms with van der Waals surface area (Å²) in [5.74, 6) is 1.21. The highest BCUT2D eigenvalue weighted by molar-refractivity contribution is 5.79. The number of nitrogens with zero attached hydrogens (tertiary/aromatic N) is 1. The van der Waals surface area contributed by atoms with Gasteiger partial charge in [-0.3, -0.25) is 0 Å². The van der Waals surface area contributed by atoms with E-state index in [1.54, 1.807) is 31.4 Å². The second-order valence-electron chi connectivity index (χ2n) is 4.24. The van der Waals surface area contributed by atoms with Gasteiger partial charge < -0.3 is 20.6 Å². The van der Waals surface area contributed by atoms with Crippen molar-refractivity contribution in [2.45, 2.75) is 0 Å². The van der Waals surface area contributed by atoms with Crippen LogP contribution in [0.3, 0.4) is 0 Å². The van der Waals surface area contributed by atoms with Crippen molar-refractivity contribution in [3.05, 3.63) is 36.4 Å². The molecule has 4 N–H and O–H groups in total. The summed E-state index contributed by atoms with van der Waals surface area (Å²) in [6.45, 7) is 0. The van der Waals surface area contributed by atoms with Crippen molar-refractivity contribution in [1.29, 1.82) is 0 Å². The zero-order valence-corrected chi connectivity index (χ0v) is 10.4. The quantitative estimate of drug-likeness (QED) is 0.687. The number of nitrogens with two attached hydrogens (primary N) is 2. The Labute approximate surface area is 109 Å². The highest BCUT2D eigenvalue weighted by atomic mass is 16.5. The van der Waals surface area contributed by atoms with Crippen LogP contribution in [0.4, 0.5) is 11.4 Å². The summed E-state index contributed by atoms with van der Waals surface area (Å²) < 4.78 is 10.9. The van der Waals surface area contributed by atoms with E-state index in [-0.39, 0.29) is 0 Å². The lowest BCUT2D eigenvalue weighted by molar-refractivity contribution is 0.414. The van der Waals surface area contributed by atoms with Gasteiger partial charge in [-0.25, -0.2) is 4.98 Å². The minimum Gasteiger partial charge on any atom is -0.497 e. The summed E-state index contributed by atoms with van der Waals surface area (Å²) in [5, 5.41) is 0. The van der Waals surface area contributed by atoms with E-state index in [1.807, 2.05) is 12.1 Å². The van der Waals surface area contributed by atoms with E-state index in [1.165, 1.54) is 0 Å². The first kappa shape index (κ1) is 11.4. The van der Waals surface area contributed by atoms with Gasteiger partial charge in [0.05, 0.1) is 7.11 Å². The van der Waals surface area contributed by atoms with Crippen molar-refractivity contribution in [2.24, 2.45) is 0 Å². The standard InChI is InChI=1S/C14H13N3O2/c1-18-11-2-3-12-13(7-11)19-14(17-12)8-4-9(15)6-10(16)5-8/h2-7H,15-16H2,1H3. The second-order valence-corrected chi connectivity index (χ2v) is 4.24. The van der Waals surface area contributed by atoms with Gasteiger partial charge in [-0.15, -0.1) is 0 Å². The summed E-state index contributed by atoms with van der Waals surface area (Å²) >= 11 is 0. The fourth-order valence-corrected chi connectivity index (χ4v) is 1.96. The predicted octanol–water partition coefficient (Wildman–Crippen LogP) is 2.67. The smallest absolute Gasteiger partial charge is 0.227 e. The fraction of sp³-hybridized carbons (Fsp3) is 0.0714. The van der Waals surface area contributed by atoms with Crippen LogP contribution in [0, 0.1) is 0 Å². The average molecular weight is 255 g/mol. The van der Waals surface area contributed by atoms with E-state index in [2.05, 4.69) is 4.98 Å². The predicted molar refractivity (Wildman–Crippen MR) is 74.8 cm³/mol. The van der Waals surface area contributed by atoms with Crippen LogP contribution in [0.25, 0.3) is 22.6 Å². The molecule has 96 valence electrons. The van der Waals surface area contributed by atoms with Gasteiger partial charge in [0.1, 0.15) is 11.3 Å². The van der Waals surface area contributed by atoms with Crippen LogP contribution in [0.15, 0.2) is 40.8 Å². The summed E-state index contributed by atoms with van der Waals surface area (Å²) in [6.07, 6.45) is 0. The van der Waals surface area contributed by atoms with Crippen LogP contribution in [0.2, 0.25) is 0 Å². The van der Waals surface area contributed by atoms with Gasteiger partial charge in [0.15, 0.2) is 5.58 Å². The number of rotatable bonds is 2. The molecule has 0 radical (unpaired) electrons. The van der Waals surface area contributed by atoms with E-state index in [0.29, 0.717) is 22.8 Å². The number of hydrogen-bond acceptors (Lipinski definition) is 5. The van der Waals surface area contributed by atoms with Gasteiger partial charge in [0.25, 0.3) is 0 Å². The third kappa shape index (κ3) is 2.06. The van der Waals surface area contributed by atoms with E-state index < -0.39 is 0 Å². The number of anilines is 2. The Morgan fingerprint density at radius 1 is 1.05 bits per heavy atom. The largest absolute Gasteiger partial charge is 0.497 e. The van der Waals surface area contributed by atoms with Crippen LogP contribution < -0.4 is 16.2 Å². The number of fused-ring (bicyclic) bond motifs is 1. The third-order valence-electron chi connectivity index (χ3n) is 2.82. The Morgan fingerprint density at radius 3 is 2.47 bits per heavy atom. The molecule has 0 unspecified atom stereocenters. The van der Waals surface area contributed by atoms with Crippen LogP contribution in [0.5, 0.6) is 5.75 Å². The van der Waals surface area contributed by atoms with Gasteiger partial charge in [-0.1, -0.05) is 0 Å². The molecular formula is C14H13N3O2. The third-order valence-corrected chi connectivity index (χ3v) is 2.82. The van der Waals surface area contributed by atoms with Crippen LogP contribution in [-0.2, 0) is 0 Å². The minimum atomic E-state index is 0.488. The minimum absolute atomic E-state index is 0.488. The first-order chi connectivity index (χ1) is 9.15. The Hall–Kier alpha value is -2.69. The molecule has 0 amide bonds. The highest BCUT2D eigenvalue weighted by Crippen LogP contribution is 2.29. The van der Waals surface area contributed by atoms with Crippen LogP contribution in [0.1, 0.15) is 0 Å². The molecule has 0 bridgehead atoms. The van der Waals surface area contributed by atoms with Crippen LogP contribution in [-0.4, -0.2) is 12.1 Å². The zero-order chi connectivity index (χ0) is 13.4. The van der Waals surface area contributed by atoms with Crippen molar-refractivity contribution in [3.63, 3.8) is 0 Å². The van der Waals surface area contributed by atoms with Crippen molar-refractivity contribution < 1.29 is 9.15 Å². The van der Waals surface area contributed by atoms with E-state index in [4.69, 9.17) is 20.6 Å². The van der Waals surface area contributed by atoms with Gasteiger partial charge >= 0.3 is 0 Å². The molecule has 2 aromatic carbocycles. The van der Waals surface area contributed by atoms with E-state index in [0.717, 1.165) is 16.8 Å². The van der Waals surface area contributed by atoms with Crippen molar-refractivity contribution in [2.75, 3.05) is 18.6 Å². The first-order valence-electron chi connectivity index (χ1n) is 5.77. The monoisotopic (exact) mass is 255 g/mol. The number of aromatic nitrogens is 1. The van der Waals surface area contributed by atoms with E-state index >= 15 is 0 Å². The molecule has 0 aliphatic heterocycles. The van der Waals surface area contributed by atoms with Crippen molar-refractivity contribution >= 4 is 22.5 Å². The SMILES string of the molecule is COc1ccc2nc(-c3cc(N)cc(N)c3)oc2c1. The summed E-state index contributed by atoms with van der Waals surface area (Å²) in [5.41, 5.74) is 14.9. The molecule has 19 heavy (non-hydrogen) atoms. The van der Waals surface area contributed by atoms with Crippen molar-refractivity contribution in [1.82, 2.24) is 4.98 Å². The molecule has 3 aromatic rings. The van der Waals surface area contributed by atoms with Crippen molar-refractivity contribution in [3.8, 4) is 17.2 Å². The molecular weight excluding hydrogens is 242 g/mol. The molecule has 0 aliphatic rings. The summed E-state index contributed by atoms with van der Waals surface area (Å²) in [7, 11) is 1.61. The number of nitrogen functional groups attached to an aromatic ring is 2.